The molecule has 1 fully saturated rings. The Morgan fingerprint density at radius 3 is 2.62 bits per heavy atom. The van der Waals surface area contributed by atoms with Gasteiger partial charge in [-0.15, -0.1) is 0 Å². The number of nitrogens with one attached hydrogen (secondary N) is 1. The maximum Gasteiger partial charge on any atom is 0.224 e. The molecular formula is C18H28N2O3S. The van der Waals surface area contributed by atoms with E-state index in [1.54, 1.807) is 0 Å². The van der Waals surface area contributed by atoms with Crippen LogP contribution in [0.25, 0.3) is 0 Å². The molecule has 5 nitrogen and oxygen atoms in total. The van der Waals surface area contributed by atoms with E-state index in [2.05, 4.69) is 37.4 Å². The third-order valence-electron chi connectivity index (χ3n) is 4.88. The average Bonchev–Trinajstić information content (AvgIpc) is 2.54. The molecule has 1 saturated heterocycles. The standard InChI is InChI=1S/C18H28N2O3S/c1-5-17(15-9-8-13(2)14(3)11-15)19-18(21)16-7-6-10-20(12-16)24(4,22)23/h8-9,11,16-17H,5-7,10,12H2,1-4H3,(H,19,21)/t16-,17-/m1/s1. The minimum atomic E-state index is -3.24. The van der Waals surface area contributed by atoms with E-state index in [1.807, 2.05) is 6.92 Å². The Hall–Kier alpha value is -1.40. The molecule has 0 bridgehead atoms. The third kappa shape index (κ3) is 4.57. The number of carbonyl (C=O) groups is 1. The van der Waals surface area contributed by atoms with E-state index in [9.17, 15) is 13.2 Å². The zero-order chi connectivity index (χ0) is 17.9. The zero-order valence-electron chi connectivity index (χ0n) is 15.0. The Kier molecular flexibility index (Phi) is 6.04. The van der Waals surface area contributed by atoms with Gasteiger partial charge in [-0.05, 0) is 49.8 Å². The SMILES string of the molecule is CC[C@@H](NC(=O)[C@@H]1CCCN(S(C)(=O)=O)C1)c1ccc(C)c(C)c1. The molecule has 1 heterocycles. The van der Waals surface area contributed by atoms with E-state index in [1.165, 1.54) is 21.7 Å². The van der Waals surface area contributed by atoms with Crippen LogP contribution in [-0.4, -0.2) is 38.0 Å². The summed E-state index contributed by atoms with van der Waals surface area (Å²) in [7, 11) is -3.24. The van der Waals surface area contributed by atoms with Crippen LogP contribution in [0.2, 0.25) is 0 Å². The van der Waals surface area contributed by atoms with Gasteiger partial charge in [0.25, 0.3) is 0 Å². The third-order valence-corrected chi connectivity index (χ3v) is 6.15. The summed E-state index contributed by atoms with van der Waals surface area (Å²) in [5.41, 5.74) is 3.54. The maximum atomic E-state index is 12.6. The number of hydrogen-bond donors (Lipinski definition) is 1. The molecule has 6 heteroatoms. The zero-order valence-corrected chi connectivity index (χ0v) is 15.8. The molecule has 0 radical (unpaired) electrons. The van der Waals surface area contributed by atoms with Crippen LogP contribution in [0.1, 0.15) is 48.9 Å². The number of amides is 1. The van der Waals surface area contributed by atoms with Gasteiger partial charge in [0.15, 0.2) is 0 Å². The van der Waals surface area contributed by atoms with Gasteiger partial charge >= 0.3 is 0 Å². The lowest BCUT2D eigenvalue weighted by Crippen LogP contribution is -2.45. The van der Waals surface area contributed by atoms with E-state index in [0.29, 0.717) is 6.54 Å². The van der Waals surface area contributed by atoms with Crippen molar-refractivity contribution in [1.82, 2.24) is 9.62 Å². The first-order valence-electron chi connectivity index (χ1n) is 8.55. The Bertz CT molecular complexity index is 700. The molecule has 1 aliphatic heterocycles. The van der Waals surface area contributed by atoms with Crippen LogP contribution in [-0.2, 0) is 14.8 Å². The van der Waals surface area contributed by atoms with Crippen LogP contribution < -0.4 is 5.32 Å². The molecule has 1 N–H and O–H groups in total. The number of carbonyl (C=O) groups excluding carboxylic acids is 1. The van der Waals surface area contributed by atoms with Crippen molar-refractivity contribution in [3.05, 3.63) is 34.9 Å². The Morgan fingerprint density at radius 1 is 1.33 bits per heavy atom. The molecule has 1 aliphatic rings. The lowest BCUT2D eigenvalue weighted by atomic mass is 9.96. The van der Waals surface area contributed by atoms with Crippen molar-refractivity contribution in [2.75, 3.05) is 19.3 Å². The fourth-order valence-corrected chi connectivity index (χ4v) is 4.06. The summed E-state index contributed by atoms with van der Waals surface area (Å²) in [6.45, 7) is 6.98. The van der Waals surface area contributed by atoms with E-state index in [-0.39, 0.29) is 24.4 Å². The second kappa shape index (κ2) is 7.66. The number of hydrogen-bond acceptors (Lipinski definition) is 3. The lowest BCUT2D eigenvalue weighted by molar-refractivity contribution is -0.126. The normalized spacial score (nSPS) is 20.6. The van der Waals surface area contributed by atoms with Gasteiger partial charge < -0.3 is 5.32 Å². The largest absolute Gasteiger partial charge is 0.349 e. The minimum absolute atomic E-state index is 0.0367. The molecule has 134 valence electrons. The van der Waals surface area contributed by atoms with Gasteiger partial charge in [0.2, 0.25) is 15.9 Å². The molecule has 1 amide bonds. The molecule has 2 atom stereocenters. The monoisotopic (exact) mass is 352 g/mol. The molecule has 0 unspecified atom stereocenters. The van der Waals surface area contributed by atoms with Crippen LogP contribution in [0.5, 0.6) is 0 Å². The molecular weight excluding hydrogens is 324 g/mol. The number of rotatable bonds is 5. The second-order valence-electron chi connectivity index (χ2n) is 6.77. The van der Waals surface area contributed by atoms with Crippen LogP contribution in [0.15, 0.2) is 18.2 Å². The van der Waals surface area contributed by atoms with Crippen molar-refractivity contribution in [3.8, 4) is 0 Å². The number of sulfonamides is 1. The minimum Gasteiger partial charge on any atom is -0.349 e. The fraction of sp³-hybridized carbons (Fsp3) is 0.611. The Morgan fingerprint density at radius 2 is 2.04 bits per heavy atom. The summed E-state index contributed by atoms with van der Waals surface area (Å²) >= 11 is 0. The van der Waals surface area contributed by atoms with Gasteiger partial charge in [-0.3, -0.25) is 4.79 Å². The van der Waals surface area contributed by atoms with Crippen LogP contribution in [0, 0.1) is 19.8 Å². The predicted molar refractivity (Wildman–Crippen MR) is 96.2 cm³/mol. The number of piperidine rings is 1. The van der Waals surface area contributed by atoms with Gasteiger partial charge in [-0.1, -0.05) is 25.1 Å². The quantitative estimate of drug-likeness (QED) is 0.885. The highest BCUT2D eigenvalue weighted by atomic mass is 32.2. The summed E-state index contributed by atoms with van der Waals surface area (Å²) in [5.74, 6) is -0.317. The van der Waals surface area contributed by atoms with Crippen LogP contribution >= 0.6 is 0 Å². The smallest absolute Gasteiger partial charge is 0.224 e. The second-order valence-corrected chi connectivity index (χ2v) is 8.76. The first kappa shape index (κ1) is 18.9. The molecule has 1 aromatic carbocycles. The topological polar surface area (TPSA) is 66.5 Å². The summed E-state index contributed by atoms with van der Waals surface area (Å²) in [5, 5.41) is 3.11. The average molecular weight is 353 g/mol. The Labute approximate surface area is 145 Å². The lowest BCUT2D eigenvalue weighted by Gasteiger charge is -2.31. The highest BCUT2D eigenvalue weighted by Gasteiger charge is 2.31. The summed E-state index contributed by atoms with van der Waals surface area (Å²) in [6.07, 6.45) is 3.47. The number of benzene rings is 1. The van der Waals surface area contributed by atoms with Gasteiger partial charge in [-0.2, -0.15) is 0 Å². The molecule has 0 spiro atoms. The van der Waals surface area contributed by atoms with Gasteiger partial charge in [0, 0.05) is 13.1 Å². The summed E-state index contributed by atoms with van der Waals surface area (Å²) in [4.78, 5) is 12.6. The molecule has 0 aromatic heterocycles. The molecule has 1 aromatic rings. The number of aryl methyl sites for hydroxylation is 2. The molecule has 0 aliphatic carbocycles. The van der Waals surface area contributed by atoms with Gasteiger partial charge in [-0.25, -0.2) is 12.7 Å². The van der Waals surface area contributed by atoms with Crippen molar-refractivity contribution >= 4 is 15.9 Å². The van der Waals surface area contributed by atoms with E-state index in [0.717, 1.165) is 24.8 Å². The molecule has 2 rings (SSSR count). The van der Waals surface area contributed by atoms with Crippen molar-refractivity contribution in [1.29, 1.82) is 0 Å². The summed E-state index contributed by atoms with van der Waals surface area (Å²) in [6, 6.07) is 6.21. The van der Waals surface area contributed by atoms with E-state index >= 15 is 0 Å². The number of nitrogens with zero attached hydrogens (tertiary/aromatic N) is 1. The van der Waals surface area contributed by atoms with Crippen molar-refractivity contribution in [2.24, 2.45) is 5.92 Å². The predicted octanol–water partition coefficient (Wildman–Crippen LogP) is 2.54. The first-order chi connectivity index (χ1) is 11.2. The summed E-state index contributed by atoms with van der Waals surface area (Å²) < 4.78 is 24.9. The maximum absolute atomic E-state index is 12.6. The van der Waals surface area contributed by atoms with E-state index < -0.39 is 10.0 Å². The van der Waals surface area contributed by atoms with Gasteiger partial charge in [0.1, 0.15) is 0 Å². The van der Waals surface area contributed by atoms with E-state index in [4.69, 9.17) is 0 Å². The first-order valence-corrected chi connectivity index (χ1v) is 10.4. The van der Waals surface area contributed by atoms with Crippen LogP contribution in [0.4, 0.5) is 0 Å². The Balaban J connectivity index is 2.07. The van der Waals surface area contributed by atoms with Crippen molar-refractivity contribution in [2.45, 2.75) is 46.1 Å². The van der Waals surface area contributed by atoms with Crippen LogP contribution in [0.3, 0.4) is 0 Å². The van der Waals surface area contributed by atoms with Crippen molar-refractivity contribution in [3.63, 3.8) is 0 Å². The molecule has 0 saturated carbocycles. The fourth-order valence-electron chi connectivity index (χ4n) is 3.15. The van der Waals surface area contributed by atoms with Gasteiger partial charge in [0.05, 0.1) is 18.2 Å². The highest BCUT2D eigenvalue weighted by molar-refractivity contribution is 7.88. The molecule has 24 heavy (non-hydrogen) atoms. The highest BCUT2D eigenvalue weighted by Crippen LogP contribution is 2.23. The van der Waals surface area contributed by atoms with Crippen molar-refractivity contribution < 1.29 is 13.2 Å².